The number of halogens is 1. The van der Waals surface area contributed by atoms with E-state index in [1.54, 1.807) is 54.6 Å². The van der Waals surface area contributed by atoms with Gasteiger partial charge in [-0.2, -0.15) is 0 Å². The Hall–Kier alpha value is -1.48. The van der Waals surface area contributed by atoms with Crippen molar-refractivity contribution in [2.45, 2.75) is 6.42 Å². The molecular formula is C14H14ClO4P. The van der Waals surface area contributed by atoms with Gasteiger partial charge in [0, 0.05) is 5.88 Å². The van der Waals surface area contributed by atoms with Gasteiger partial charge in [-0.15, -0.1) is 11.6 Å². The van der Waals surface area contributed by atoms with Crippen LogP contribution in [-0.2, 0) is 11.0 Å². The van der Waals surface area contributed by atoms with Crippen LogP contribution in [0.3, 0.4) is 0 Å². The van der Waals surface area contributed by atoms with Crippen molar-refractivity contribution >= 4 is 19.4 Å². The van der Waals surface area contributed by atoms with Crippen molar-refractivity contribution in [3.63, 3.8) is 0 Å². The molecule has 0 saturated heterocycles. The topological polar surface area (TPSA) is 55.8 Å². The number of para-hydroxylation sites is 1. The van der Waals surface area contributed by atoms with Crippen molar-refractivity contribution in [2.75, 3.05) is 5.88 Å². The first-order valence-corrected chi connectivity index (χ1v) is 8.04. The summed E-state index contributed by atoms with van der Waals surface area (Å²) in [5, 5.41) is 0. The number of hydrogen-bond acceptors (Lipinski definition) is 3. The Morgan fingerprint density at radius 2 is 1.50 bits per heavy atom. The van der Waals surface area contributed by atoms with Gasteiger partial charge in [-0.3, -0.25) is 4.89 Å². The molecule has 1 atom stereocenters. The maximum Gasteiger partial charge on any atom is 0.584 e. The lowest BCUT2D eigenvalue weighted by Gasteiger charge is -2.13. The van der Waals surface area contributed by atoms with Crippen LogP contribution in [0.5, 0.6) is 11.5 Å². The van der Waals surface area contributed by atoms with E-state index < -0.39 is 7.82 Å². The molecule has 0 bridgehead atoms. The highest BCUT2D eigenvalue weighted by Gasteiger charge is 2.24. The van der Waals surface area contributed by atoms with E-state index in [2.05, 4.69) is 0 Å². The molecule has 6 heteroatoms. The molecule has 0 aliphatic carbocycles. The van der Waals surface area contributed by atoms with Gasteiger partial charge in [0.2, 0.25) is 0 Å². The van der Waals surface area contributed by atoms with Crippen LogP contribution in [0.4, 0.5) is 0 Å². The summed E-state index contributed by atoms with van der Waals surface area (Å²) in [4.78, 5) is 9.68. The van der Waals surface area contributed by atoms with Crippen molar-refractivity contribution in [1.82, 2.24) is 0 Å². The fourth-order valence-corrected chi connectivity index (χ4v) is 2.62. The third-order valence-corrected chi connectivity index (χ3v) is 3.56. The Morgan fingerprint density at radius 1 is 0.950 bits per heavy atom. The molecular weight excluding hydrogens is 299 g/mol. The fourth-order valence-electron chi connectivity index (χ4n) is 1.59. The quantitative estimate of drug-likeness (QED) is 0.646. The Morgan fingerprint density at radius 3 is 2.05 bits per heavy atom. The maximum absolute atomic E-state index is 11.9. The second-order valence-corrected chi connectivity index (χ2v) is 5.73. The van der Waals surface area contributed by atoms with Crippen molar-refractivity contribution in [3.05, 3.63) is 60.2 Å². The van der Waals surface area contributed by atoms with Gasteiger partial charge in [0.1, 0.15) is 11.5 Å². The SMILES string of the molecule is O=P(O)(Oc1ccccc1)Oc1ccc(CCCl)cc1. The van der Waals surface area contributed by atoms with Gasteiger partial charge in [-0.25, -0.2) is 4.57 Å². The van der Waals surface area contributed by atoms with Gasteiger partial charge < -0.3 is 9.05 Å². The van der Waals surface area contributed by atoms with E-state index >= 15 is 0 Å². The Kier molecular flexibility index (Phi) is 5.07. The van der Waals surface area contributed by atoms with E-state index in [0.29, 0.717) is 5.88 Å². The Labute approximate surface area is 122 Å². The van der Waals surface area contributed by atoms with Crippen LogP contribution in [0.15, 0.2) is 54.6 Å². The van der Waals surface area contributed by atoms with Crippen molar-refractivity contribution in [3.8, 4) is 11.5 Å². The molecule has 2 aromatic carbocycles. The summed E-state index contributed by atoms with van der Waals surface area (Å²) in [5.74, 6) is 1.07. The molecule has 1 unspecified atom stereocenters. The van der Waals surface area contributed by atoms with Gasteiger partial charge in [0.25, 0.3) is 0 Å². The molecule has 1 N–H and O–H groups in total. The van der Waals surface area contributed by atoms with Crippen LogP contribution in [0, 0.1) is 0 Å². The zero-order valence-electron chi connectivity index (χ0n) is 10.6. The van der Waals surface area contributed by atoms with Gasteiger partial charge in [0.15, 0.2) is 0 Å². The van der Waals surface area contributed by atoms with E-state index in [1.165, 1.54) is 0 Å². The van der Waals surface area contributed by atoms with Crippen LogP contribution in [-0.4, -0.2) is 10.8 Å². The summed E-state index contributed by atoms with van der Waals surface area (Å²) in [6.07, 6.45) is 0.735. The molecule has 0 heterocycles. The number of aryl methyl sites for hydroxylation is 1. The van der Waals surface area contributed by atoms with Crippen LogP contribution in [0.2, 0.25) is 0 Å². The molecule has 0 aromatic heterocycles. The molecule has 0 saturated carbocycles. The lowest BCUT2D eigenvalue weighted by Crippen LogP contribution is -1.99. The van der Waals surface area contributed by atoms with Crippen LogP contribution >= 0.6 is 19.4 Å². The third kappa shape index (κ3) is 4.57. The number of rotatable bonds is 6. The second kappa shape index (κ2) is 6.80. The highest BCUT2D eigenvalue weighted by molar-refractivity contribution is 7.48. The summed E-state index contributed by atoms with van der Waals surface area (Å²) in [6.45, 7) is 0. The van der Waals surface area contributed by atoms with Gasteiger partial charge in [-0.05, 0) is 36.2 Å². The first kappa shape index (κ1) is 14.9. The zero-order valence-corrected chi connectivity index (χ0v) is 12.3. The van der Waals surface area contributed by atoms with Gasteiger partial charge in [-0.1, -0.05) is 30.3 Å². The molecule has 4 nitrogen and oxygen atoms in total. The van der Waals surface area contributed by atoms with Crippen molar-refractivity contribution < 1.29 is 18.5 Å². The largest absolute Gasteiger partial charge is 0.584 e. The summed E-state index contributed by atoms with van der Waals surface area (Å²) in [6, 6.07) is 15.2. The lowest BCUT2D eigenvalue weighted by molar-refractivity contribution is 0.291. The monoisotopic (exact) mass is 312 g/mol. The highest BCUT2D eigenvalue weighted by atomic mass is 35.5. The summed E-state index contributed by atoms with van der Waals surface area (Å²) in [5.41, 5.74) is 1.03. The molecule has 0 spiro atoms. The molecule has 0 radical (unpaired) electrons. The number of phosphoric acid groups is 1. The predicted octanol–water partition coefficient (Wildman–Crippen LogP) is 4.03. The first-order chi connectivity index (χ1) is 9.59. The minimum absolute atomic E-state index is 0.269. The summed E-state index contributed by atoms with van der Waals surface area (Å²) < 4.78 is 21.8. The molecule has 2 rings (SSSR count). The molecule has 0 amide bonds. The number of hydrogen-bond donors (Lipinski definition) is 1. The standard InChI is InChI=1S/C14H14ClO4P/c15-11-10-12-6-8-14(9-7-12)19-20(16,17)18-13-4-2-1-3-5-13/h1-9H,10-11H2,(H,16,17). The van der Waals surface area contributed by atoms with Crippen LogP contribution in [0.25, 0.3) is 0 Å². The van der Waals surface area contributed by atoms with E-state index in [1.807, 2.05) is 0 Å². The van der Waals surface area contributed by atoms with Crippen molar-refractivity contribution in [2.24, 2.45) is 0 Å². The van der Waals surface area contributed by atoms with Crippen molar-refractivity contribution in [1.29, 1.82) is 0 Å². The van der Waals surface area contributed by atoms with Crippen LogP contribution < -0.4 is 9.05 Å². The average molecular weight is 313 g/mol. The molecule has 2 aromatic rings. The second-order valence-electron chi connectivity index (χ2n) is 4.05. The normalized spacial score (nSPS) is 13.5. The van der Waals surface area contributed by atoms with Gasteiger partial charge in [0.05, 0.1) is 0 Å². The highest BCUT2D eigenvalue weighted by Crippen LogP contribution is 2.44. The first-order valence-electron chi connectivity index (χ1n) is 6.01. The number of benzene rings is 2. The molecule has 20 heavy (non-hydrogen) atoms. The summed E-state index contributed by atoms with van der Waals surface area (Å²) >= 11 is 5.64. The predicted molar refractivity (Wildman–Crippen MR) is 78.4 cm³/mol. The average Bonchev–Trinajstić information content (AvgIpc) is 2.41. The Balaban J connectivity index is 2.02. The minimum Gasteiger partial charge on any atom is -0.395 e. The molecule has 0 aliphatic rings. The molecule has 0 fully saturated rings. The minimum atomic E-state index is -4.19. The van der Waals surface area contributed by atoms with E-state index in [0.717, 1.165) is 12.0 Å². The number of alkyl halides is 1. The summed E-state index contributed by atoms with van der Waals surface area (Å²) in [7, 11) is -4.19. The van der Waals surface area contributed by atoms with E-state index in [-0.39, 0.29) is 11.5 Å². The maximum atomic E-state index is 11.9. The fraction of sp³-hybridized carbons (Fsp3) is 0.143. The molecule has 106 valence electrons. The third-order valence-electron chi connectivity index (χ3n) is 2.49. The zero-order chi connectivity index (χ0) is 14.4. The Bertz CT molecular complexity index is 586. The smallest absolute Gasteiger partial charge is 0.395 e. The van der Waals surface area contributed by atoms with Crippen LogP contribution in [0.1, 0.15) is 5.56 Å². The van der Waals surface area contributed by atoms with Gasteiger partial charge >= 0.3 is 7.82 Å². The lowest BCUT2D eigenvalue weighted by atomic mass is 10.2. The van der Waals surface area contributed by atoms with E-state index in [4.69, 9.17) is 20.6 Å². The van der Waals surface area contributed by atoms with E-state index in [9.17, 15) is 9.46 Å². The molecule has 0 aliphatic heterocycles. The number of phosphoric ester groups is 1.